The number of carbonyl (C=O) groups excluding carboxylic acids is 1. The molecule has 7 nitrogen and oxygen atoms in total. The fraction of sp³-hybridized carbons (Fsp3) is 0.450. The molecule has 2 aromatic rings. The van der Waals surface area contributed by atoms with Gasteiger partial charge in [0.25, 0.3) is 0 Å². The lowest BCUT2D eigenvalue weighted by molar-refractivity contribution is -0.121. The van der Waals surface area contributed by atoms with E-state index < -0.39 is 0 Å². The van der Waals surface area contributed by atoms with Crippen molar-refractivity contribution < 1.29 is 4.79 Å². The molecule has 0 saturated carbocycles. The van der Waals surface area contributed by atoms with Crippen molar-refractivity contribution in [1.82, 2.24) is 25.7 Å². The smallest absolute Gasteiger partial charge is 0.239 e. The quantitative estimate of drug-likeness (QED) is 0.556. The summed E-state index contributed by atoms with van der Waals surface area (Å²) in [5, 5.41) is 13.9. The van der Waals surface area contributed by atoms with Gasteiger partial charge in [-0.3, -0.25) is 9.79 Å². The molecule has 0 atom stereocenters. The van der Waals surface area contributed by atoms with Gasteiger partial charge in [-0.15, -0.1) is 0 Å². The van der Waals surface area contributed by atoms with Crippen LogP contribution in [0.25, 0.3) is 5.69 Å². The van der Waals surface area contributed by atoms with Gasteiger partial charge in [-0.2, -0.15) is 5.10 Å². The third-order valence-corrected chi connectivity index (χ3v) is 4.03. The second-order valence-corrected chi connectivity index (χ2v) is 7.47. The Morgan fingerprint density at radius 3 is 2.41 bits per heavy atom. The number of aromatic nitrogens is 2. The first-order valence-electron chi connectivity index (χ1n) is 9.07. The van der Waals surface area contributed by atoms with E-state index in [-0.39, 0.29) is 18.0 Å². The van der Waals surface area contributed by atoms with Gasteiger partial charge in [-0.25, -0.2) is 4.68 Å². The molecule has 1 amide bonds. The van der Waals surface area contributed by atoms with E-state index in [4.69, 9.17) is 0 Å². The number of nitrogens with one attached hydrogen (secondary N) is 3. The number of guanidine groups is 1. The third kappa shape index (κ3) is 5.84. The molecule has 0 aliphatic rings. The highest BCUT2D eigenvalue weighted by Crippen LogP contribution is 2.17. The van der Waals surface area contributed by atoms with Crippen LogP contribution in [0, 0.1) is 13.8 Å². The summed E-state index contributed by atoms with van der Waals surface area (Å²) < 4.78 is 1.94. The highest BCUT2D eigenvalue weighted by atomic mass is 16.2. The first-order chi connectivity index (χ1) is 12.7. The van der Waals surface area contributed by atoms with E-state index in [1.807, 2.05) is 62.7 Å². The van der Waals surface area contributed by atoms with Crippen molar-refractivity contribution in [3.05, 3.63) is 47.3 Å². The number of aliphatic imine (C=N–C) groups is 1. The van der Waals surface area contributed by atoms with Crippen LogP contribution in [0.3, 0.4) is 0 Å². The number of para-hydroxylation sites is 1. The minimum absolute atomic E-state index is 0.0743. The highest BCUT2D eigenvalue weighted by Gasteiger charge is 2.15. The second kappa shape index (κ2) is 8.70. The molecule has 1 heterocycles. The Kier molecular flexibility index (Phi) is 6.60. The van der Waals surface area contributed by atoms with Crippen molar-refractivity contribution in [2.45, 2.75) is 46.7 Å². The zero-order valence-corrected chi connectivity index (χ0v) is 17.1. The van der Waals surface area contributed by atoms with Crippen LogP contribution in [-0.2, 0) is 11.3 Å². The topological polar surface area (TPSA) is 83.3 Å². The van der Waals surface area contributed by atoms with Crippen LogP contribution in [0.15, 0.2) is 35.3 Å². The maximum Gasteiger partial charge on any atom is 0.239 e. The van der Waals surface area contributed by atoms with E-state index in [1.54, 1.807) is 7.05 Å². The van der Waals surface area contributed by atoms with Crippen LogP contribution < -0.4 is 16.0 Å². The number of nitrogens with zero attached hydrogens (tertiary/aromatic N) is 3. The van der Waals surface area contributed by atoms with Gasteiger partial charge >= 0.3 is 0 Å². The molecule has 27 heavy (non-hydrogen) atoms. The van der Waals surface area contributed by atoms with E-state index >= 15 is 0 Å². The lowest BCUT2D eigenvalue weighted by Gasteiger charge is -2.21. The largest absolute Gasteiger partial charge is 0.352 e. The summed E-state index contributed by atoms with van der Waals surface area (Å²) in [6.45, 7) is 10.6. The fourth-order valence-corrected chi connectivity index (χ4v) is 2.77. The molecular formula is C20H30N6O. The molecule has 0 fully saturated rings. The summed E-state index contributed by atoms with van der Waals surface area (Å²) >= 11 is 0. The SMILES string of the molecule is CN=C(NCC(=O)NC(C)(C)C)NCc1c(C)nn(-c2ccccc2)c1C. The van der Waals surface area contributed by atoms with Crippen molar-refractivity contribution >= 4 is 11.9 Å². The van der Waals surface area contributed by atoms with Gasteiger partial charge in [-0.05, 0) is 46.8 Å². The molecule has 0 unspecified atom stereocenters. The monoisotopic (exact) mass is 370 g/mol. The Bertz CT molecular complexity index is 802. The zero-order chi connectivity index (χ0) is 20.0. The Balaban J connectivity index is 1.99. The van der Waals surface area contributed by atoms with Crippen molar-refractivity contribution in [2.24, 2.45) is 4.99 Å². The Hall–Kier alpha value is -2.83. The zero-order valence-electron chi connectivity index (χ0n) is 17.1. The third-order valence-electron chi connectivity index (χ3n) is 4.03. The average molecular weight is 371 g/mol. The lowest BCUT2D eigenvalue weighted by Crippen LogP contribution is -2.48. The molecule has 0 bridgehead atoms. The van der Waals surface area contributed by atoms with Crippen LogP contribution >= 0.6 is 0 Å². The van der Waals surface area contributed by atoms with Crippen LogP contribution in [0.5, 0.6) is 0 Å². The number of hydrogen-bond donors (Lipinski definition) is 3. The van der Waals surface area contributed by atoms with Gasteiger partial charge in [0.1, 0.15) is 0 Å². The normalized spacial score (nSPS) is 12.0. The van der Waals surface area contributed by atoms with E-state index in [9.17, 15) is 4.79 Å². The Labute approximate surface area is 161 Å². The molecule has 0 radical (unpaired) electrons. The van der Waals surface area contributed by atoms with Crippen molar-refractivity contribution in [3.8, 4) is 5.69 Å². The number of hydrogen-bond acceptors (Lipinski definition) is 3. The lowest BCUT2D eigenvalue weighted by atomic mass is 10.1. The van der Waals surface area contributed by atoms with Gasteiger partial charge in [-0.1, -0.05) is 18.2 Å². The maximum atomic E-state index is 12.0. The maximum absolute atomic E-state index is 12.0. The average Bonchev–Trinajstić information content (AvgIpc) is 2.89. The Morgan fingerprint density at radius 1 is 1.15 bits per heavy atom. The van der Waals surface area contributed by atoms with Gasteiger partial charge in [0.2, 0.25) is 5.91 Å². The van der Waals surface area contributed by atoms with Crippen LogP contribution in [-0.4, -0.2) is 40.8 Å². The molecule has 0 aliphatic heterocycles. The second-order valence-electron chi connectivity index (χ2n) is 7.47. The number of aryl methyl sites for hydroxylation is 1. The summed E-state index contributed by atoms with van der Waals surface area (Å²) in [7, 11) is 1.68. The van der Waals surface area contributed by atoms with E-state index in [0.29, 0.717) is 12.5 Å². The van der Waals surface area contributed by atoms with Crippen LogP contribution in [0.2, 0.25) is 0 Å². The van der Waals surface area contributed by atoms with Crippen molar-refractivity contribution in [1.29, 1.82) is 0 Å². The predicted molar refractivity (Wildman–Crippen MR) is 109 cm³/mol. The summed E-state index contributed by atoms with van der Waals surface area (Å²) in [5.41, 5.74) is 3.93. The number of carbonyl (C=O) groups is 1. The molecule has 0 aliphatic carbocycles. The molecule has 1 aromatic heterocycles. The minimum atomic E-state index is -0.254. The molecule has 0 spiro atoms. The highest BCUT2D eigenvalue weighted by molar-refractivity contribution is 5.86. The van der Waals surface area contributed by atoms with Crippen LogP contribution in [0.4, 0.5) is 0 Å². The molecule has 3 N–H and O–H groups in total. The summed E-state index contributed by atoms with van der Waals surface area (Å²) in [5.74, 6) is 0.500. The number of amides is 1. The first kappa shape index (κ1) is 20.5. The van der Waals surface area contributed by atoms with Crippen LogP contribution in [0.1, 0.15) is 37.7 Å². The summed E-state index contributed by atoms with van der Waals surface area (Å²) in [6.07, 6.45) is 0. The van der Waals surface area contributed by atoms with E-state index in [1.165, 1.54) is 0 Å². The molecule has 7 heteroatoms. The molecular weight excluding hydrogens is 340 g/mol. The standard InChI is InChI=1S/C20H30N6O/c1-14-17(15(2)26(25-14)16-10-8-7-9-11-16)12-22-19(21-6)23-13-18(27)24-20(3,4)5/h7-11H,12-13H2,1-6H3,(H,24,27)(H2,21,22,23). The van der Waals surface area contributed by atoms with Gasteiger partial charge < -0.3 is 16.0 Å². The number of rotatable bonds is 5. The summed E-state index contributed by atoms with van der Waals surface area (Å²) in [4.78, 5) is 16.1. The van der Waals surface area contributed by atoms with Gasteiger partial charge in [0, 0.05) is 30.4 Å². The van der Waals surface area contributed by atoms with Crippen molar-refractivity contribution in [2.75, 3.05) is 13.6 Å². The minimum Gasteiger partial charge on any atom is -0.352 e. The van der Waals surface area contributed by atoms with E-state index in [0.717, 1.165) is 22.6 Å². The summed E-state index contributed by atoms with van der Waals surface area (Å²) in [6, 6.07) is 10.1. The molecule has 146 valence electrons. The van der Waals surface area contributed by atoms with Gasteiger partial charge in [0.05, 0.1) is 17.9 Å². The Morgan fingerprint density at radius 2 is 1.81 bits per heavy atom. The predicted octanol–water partition coefficient (Wildman–Crippen LogP) is 2.07. The molecule has 2 rings (SSSR count). The van der Waals surface area contributed by atoms with Crippen molar-refractivity contribution in [3.63, 3.8) is 0 Å². The number of benzene rings is 1. The van der Waals surface area contributed by atoms with Gasteiger partial charge in [0.15, 0.2) is 5.96 Å². The molecule has 1 aromatic carbocycles. The molecule has 0 saturated heterocycles. The van der Waals surface area contributed by atoms with E-state index in [2.05, 4.69) is 33.0 Å². The first-order valence-corrected chi connectivity index (χ1v) is 9.07. The fourth-order valence-electron chi connectivity index (χ4n) is 2.77.